The van der Waals surface area contributed by atoms with Gasteiger partial charge in [0.1, 0.15) is 0 Å². The molecule has 0 saturated heterocycles. The lowest BCUT2D eigenvalue weighted by molar-refractivity contribution is 0.283. The molecule has 0 amide bonds. The van der Waals surface area contributed by atoms with Crippen LogP contribution in [-0.4, -0.2) is 5.11 Å². The second-order valence-electron chi connectivity index (χ2n) is 3.22. The average Bonchev–Trinajstić information content (AvgIpc) is 2.07. The minimum absolute atomic E-state index is 0.228. The van der Waals surface area contributed by atoms with Gasteiger partial charge in [-0.2, -0.15) is 0 Å². The molecule has 1 N–H and O–H groups in total. The van der Waals surface area contributed by atoms with Gasteiger partial charge in [0.15, 0.2) is 0 Å². The second-order valence-corrected chi connectivity index (χ2v) is 3.22. The third-order valence-electron chi connectivity index (χ3n) is 2.40. The Hall–Kier alpha value is -0.980. The smallest absolute Gasteiger partial charge is 0.0887 e. The second kappa shape index (κ2) is 4.15. The fourth-order valence-electron chi connectivity index (χ4n) is 1.68. The average molecular weight is 164 g/mol. The molecule has 0 aromatic carbocycles. The Balaban J connectivity index is 2.60. The summed E-state index contributed by atoms with van der Waals surface area (Å²) in [6, 6.07) is 0. The van der Waals surface area contributed by atoms with Crippen LogP contribution in [0.15, 0.2) is 36.6 Å². The van der Waals surface area contributed by atoms with Gasteiger partial charge < -0.3 is 5.11 Å². The Labute approximate surface area is 74.1 Å². The molecule has 1 aliphatic rings. The summed E-state index contributed by atoms with van der Waals surface area (Å²) >= 11 is 0. The van der Waals surface area contributed by atoms with E-state index in [0.717, 1.165) is 12.8 Å². The van der Waals surface area contributed by atoms with E-state index >= 15 is 0 Å². The lowest BCUT2D eigenvalue weighted by Crippen LogP contribution is -2.14. The molecular formula is C11H16O. The van der Waals surface area contributed by atoms with Crippen molar-refractivity contribution < 1.29 is 5.11 Å². The minimum Gasteiger partial charge on any atom is -0.513 e. The molecule has 0 radical (unpaired) electrons. The van der Waals surface area contributed by atoms with Gasteiger partial charge in [-0.05, 0) is 18.8 Å². The van der Waals surface area contributed by atoms with Crippen LogP contribution in [0.1, 0.15) is 19.8 Å². The normalized spacial score (nSPS) is 23.9. The molecule has 0 heterocycles. The molecule has 1 aliphatic carbocycles. The summed E-state index contributed by atoms with van der Waals surface area (Å²) in [7, 11) is 0. The third kappa shape index (κ3) is 2.00. The molecule has 0 fully saturated rings. The topological polar surface area (TPSA) is 20.2 Å². The zero-order valence-electron chi connectivity index (χ0n) is 7.53. The van der Waals surface area contributed by atoms with Gasteiger partial charge in [-0.25, -0.2) is 0 Å². The van der Waals surface area contributed by atoms with E-state index in [1.807, 2.05) is 12.2 Å². The molecule has 12 heavy (non-hydrogen) atoms. The molecule has 1 nitrogen and oxygen atoms in total. The van der Waals surface area contributed by atoms with Crippen LogP contribution in [-0.2, 0) is 0 Å². The van der Waals surface area contributed by atoms with Crippen molar-refractivity contribution in [2.45, 2.75) is 19.8 Å². The van der Waals surface area contributed by atoms with Crippen molar-refractivity contribution in [2.24, 2.45) is 11.8 Å². The molecule has 0 bridgehead atoms. The van der Waals surface area contributed by atoms with Gasteiger partial charge in [0, 0.05) is 5.92 Å². The van der Waals surface area contributed by atoms with Crippen molar-refractivity contribution in [1.82, 2.24) is 0 Å². The van der Waals surface area contributed by atoms with E-state index in [1.54, 1.807) is 0 Å². The largest absolute Gasteiger partial charge is 0.513 e. The van der Waals surface area contributed by atoms with E-state index in [0.29, 0.717) is 11.7 Å². The molecule has 2 atom stereocenters. The quantitative estimate of drug-likeness (QED) is 0.635. The number of hydrogen-bond donors (Lipinski definition) is 1. The van der Waals surface area contributed by atoms with Crippen LogP contribution in [0.5, 0.6) is 0 Å². The maximum atomic E-state index is 9.31. The van der Waals surface area contributed by atoms with Crippen molar-refractivity contribution in [2.75, 3.05) is 0 Å². The molecule has 66 valence electrons. The number of rotatable bonds is 3. The highest BCUT2D eigenvalue weighted by Crippen LogP contribution is 2.27. The highest BCUT2D eigenvalue weighted by atomic mass is 16.3. The lowest BCUT2D eigenvalue weighted by Gasteiger charge is -2.22. The van der Waals surface area contributed by atoms with Crippen molar-refractivity contribution in [1.29, 1.82) is 0 Å². The van der Waals surface area contributed by atoms with E-state index in [2.05, 4.69) is 25.7 Å². The lowest BCUT2D eigenvalue weighted by atomic mass is 9.84. The van der Waals surface area contributed by atoms with E-state index in [-0.39, 0.29) is 5.92 Å². The Morgan fingerprint density at radius 3 is 2.83 bits per heavy atom. The Kier molecular flexibility index (Phi) is 3.15. The first kappa shape index (κ1) is 9.11. The van der Waals surface area contributed by atoms with Crippen LogP contribution >= 0.6 is 0 Å². The maximum absolute atomic E-state index is 9.31. The number of hydrogen-bond acceptors (Lipinski definition) is 1. The van der Waals surface area contributed by atoms with Crippen LogP contribution in [0.4, 0.5) is 0 Å². The monoisotopic (exact) mass is 164 g/mol. The Bertz CT molecular complexity index is 213. The first-order chi connectivity index (χ1) is 5.75. The summed E-state index contributed by atoms with van der Waals surface area (Å²) in [5, 5.41) is 9.31. The summed E-state index contributed by atoms with van der Waals surface area (Å²) in [5.74, 6) is 0.992. The highest BCUT2D eigenvalue weighted by molar-refractivity contribution is 5.14. The van der Waals surface area contributed by atoms with Crippen LogP contribution in [0.25, 0.3) is 0 Å². The van der Waals surface area contributed by atoms with E-state index in [1.165, 1.54) is 0 Å². The summed E-state index contributed by atoms with van der Waals surface area (Å²) < 4.78 is 0. The van der Waals surface area contributed by atoms with Gasteiger partial charge >= 0.3 is 0 Å². The fraction of sp³-hybridized carbons (Fsp3) is 0.455. The number of allylic oxidation sites excluding steroid dienone is 5. The summed E-state index contributed by atoms with van der Waals surface area (Å²) in [4.78, 5) is 0. The first-order valence-electron chi connectivity index (χ1n) is 4.46. The van der Waals surface area contributed by atoms with Crippen molar-refractivity contribution in [3.05, 3.63) is 36.6 Å². The van der Waals surface area contributed by atoms with E-state index in [9.17, 15) is 5.11 Å². The van der Waals surface area contributed by atoms with Crippen molar-refractivity contribution in [3.8, 4) is 0 Å². The van der Waals surface area contributed by atoms with Gasteiger partial charge in [0.2, 0.25) is 0 Å². The minimum atomic E-state index is 0.228. The standard InChI is InChI=1S/C11H16O/c1-3-11(9(2)12)10-7-5-4-6-8-10/h4-7,10-12H,2-3,8H2,1H3. The third-order valence-corrected chi connectivity index (χ3v) is 2.40. The van der Waals surface area contributed by atoms with Gasteiger partial charge in [-0.1, -0.05) is 37.8 Å². The number of aliphatic hydroxyl groups excluding tert-OH is 1. The molecular weight excluding hydrogens is 148 g/mol. The van der Waals surface area contributed by atoms with Crippen LogP contribution < -0.4 is 0 Å². The molecule has 0 saturated carbocycles. The van der Waals surface area contributed by atoms with Crippen LogP contribution in [0, 0.1) is 11.8 Å². The van der Waals surface area contributed by atoms with Gasteiger partial charge in [-0.3, -0.25) is 0 Å². The van der Waals surface area contributed by atoms with E-state index in [4.69, 9.17) is 0 Å². The van der Waals surface area contributed by atoms with Gasteiger partial charge in [0.05, 0.1) is 5.76 Å². The Morgan fingerprint density at radius 1 is 1.67 bits per heavy atom. The van der Waals surface area contributed by atoms with E-state index < -0.39 is 0 Å². The highest BCUT2D eigenvalue weighted by Gasteiger charge is 2.19. The number of aliphatic hydroxyl groups is 1. The molecule has 2 unspecified atom stereocenters. The van der Waals surface area contributed by atoms with Crippen LogP contribution in [0.3, 0.4) is 0 Å². The molecule has 1 rings (SSSR count). The zero-order chi connectivity index (χ0) is 8.97. The fourth-order valence-corrected chi connectivity index (χ4v) is 1.68. The molecule has 0 aliphatic heterocycles. The maximum Gasteiger partial charge on any atom is 0.0887 e. The van der Waals surface area contributed by atoms with Crippen molar-refractivity contribution >= 4 is 0 Å². The molecule has 0 aromatic rings. The zero-order valence-corrected chi connectivity index (χ0v) is 7.53. The van der Waals surface area contributed by atoms with Gasteiger partial charge in [-0.15, -0.1) is 0 Å². The predicted molar refractivity (Wildman–Crippen MR) is 51.9 cm³/mol. The predicted octanol–water partition coefficient (Wildman–Crippen LogP) is 3.22. The summed E-state index contributed by atoms with van der Waals surface area (Å²) in [6.45, 7) is 5.68. The van der Waals surface area contributed by atoms with Gasteiger partial charge in [0.25, 0.3) is 0 Å². The molecule has 1 heteroatoms. The molecule has 0 spiro atoms. The Morgan fingerprint density at radius 2 is 2.42 bits per heavy atom. The SMILES string of the molecule is C=C(O)C(CC)C1C=CC=CC1. The first-order valence-corrected chi connectivity index (χ1v) is 4.46. The van der Waals surface area contributed by atoms with Crippen LogP contribution in [0.2, 0.25) is 0 Å². The summed E-state index contributed by atoms with van der Waals surface area (Å²) in [5.41, 5.74) is 0. The van der Waals surface area contributed by atoms with Crippen molar-refractivity contribution in [3.63, 3.8) is 0 Å². The summed E-state index contributed by atoms with van der Waals surface area (Å²) in [6.07, 6.45) is 10.3. The molecule has 0 aromatic heterocycles.